The van der Waals surface area contributed by atoms with Crippen LogP contribution in [0.25, 0.3) is 11.3 Å². The average molecular weight is 204 g/mol. The van der Waals surface area contributed by atoms with Gasteiger partial charge in [0.05, 0.1) is 20.4 Å². The van der Waals surface area contributed by atoms with Gasteiger partial charge in [0.1, 0.15) is 11.5 Å². The molecule has 0 aliphatic rings. The van der Waals surface area contributed by atoms with Gasteiger partial charge >= 0.3 is 0 Å². The fraction of sp³-hybridized carbons (Fsp3) is 0.182. The number of methoxy groups -OCH3 is 2. The number of hydrogen-bond acceptors (Lipinski definition) is 4. The van der Waals surface area contributed by atoms with Crippen LogP contribution in [0.2, 0.25) is 0 Å². The Morgan fingerprint density at radius 3 is 2.27 bits per heavy atom. The lowest BCUT2D eigenvalue weighted by atomic mass is 10.1. The average Bonchev–Trinajstić information content (AvgIpc) is 2.81. The molecule has 2 aromatic rings. The van der Waals surface area contributed by atoms with Crippen molar-refractivity contribution < 1.29 is 13.9 Å². The maximum absolute atomic E-state index is 5.14. The van der Waals surface area contributed by atoms with Gasteiger partial charge in [0.25, 0.3) is 6.39 Å². The number of hydrogen-bond donors (Lipinski definition) is 0. The van der Waals surface area contributed by atoms with Crippen LogP contribution in [0, 0.1) is 6.39 Å². The topological polar surface area (TPSA) is 44.5 Å². The summed E-state index contributed by atoms with van der Waals surface area (Å²) in [5.74, 6) is 2.05. The summed E-state index contributed by atoms with van der Waals surface area (Å²) in [5, 5.41) is 0. The second kappa shape index (κ2) is 4.04. The molecule has 0 unspecified atom stereocenters. The Hall–Kier alpha value is -1.97. The molecule has 77 valence electrons. The maximum atomic E-state index is 5.14. The summed E-state index contributed by atoms with van der Waals surface area (Å²) < 4.78 is 15.4. The second-order valence-corrected chi connectivity index (χ2v) is 2.92. The van der Waals surface area contributed by atoms with Crippen LogP contribution in [-0.4, -0.2) is 19.2 Å². The zero-order valence-corrected chi connectivity index (χ0v) is 8.48. The van der Waals surface area contributed by atoms with Gasteiger partial charge in [0, 0.05) is 11.6 Å². The summed E-state index contributed by atoms with van der Waals surface area (Å²) in [6, 6.07) is 5.48. The van der Waals surface area contributed by atoms with E-state index in [1.54, 1.807) is 26.5 Å². The maximum Gasteiger partial charge on any atom is 0.284 e. The highest BCUT2D eigenvalue weighted by Crippen LogP contribution is 2.29. The van der Waals surface area contributed by atoms with Crippen molar-refractivity contribution in [2.24, 2.45) is 0 Å². The van der Waals surface area contributed by atoms with Crippen molar-refractivity contribution in [2.45, 2.75) is 0 Å². The molecule has 2 rings (SSSR count). The molecule has 0 aliphatic carbocycles. The molecule has 0 bridgehead atoms. The lowest BCUT2D eigenvalue weighted by Gasteiger charge is -2.06. The van der Waals surface area contributed by atoms with Crippen molar-refractivity contribution in [3.8, 4) is 22.8 Å². The van der Waals surface area contributed by atoms with Crippen LogP contribution in [-0.2, 0) is 0 Å². The van der Waals surface area contributed by atoms with E-state index in [-0.39, 0.29) is 0 Å². The van der Waals surface area contributed by atoms with Crippen LogP contribution in [0.15, 0.2) is 28.8 Å². The molecule has 0 saturated heterocycles. The molecule has 0 spiro atoms. The Bertz CT molecular complexity index is 415. The fourth-order valence-corrected chi connectivity index (χ4v) is 1.27. The van der Waals surface area contributed by atoms with Gasteiger partial charge in [-0.15, -0.1) is 0 Å². The number of oxazole rings is 1. The van der Waals surface area contributed by atoms with Crippen molar-refractivity contribution >= 4 is 0 Å². The molecule has 0 fully saturated rings. The van der Waals surface area contributed by atoms with Gasteiger partial charge in [-0.1, -0.05) is 0 Å². The highest BCUT2D eigenvalue weighted by molar-refractivity contribution is 5.61. The predicted octanol–water partition coefficient (Wildman–Crippen LogP) is 2.16. The Labute approximate surface area is 87.5 Å². The summed E-state index contributed by atoms with van der Waals surface area (Å²) in [6.45, 7) is 0. The number of aromatic nitrogens is 1. The van der Waals surface area contributed by atoms with Gasteiger partial charge in [-0.3, -0.25) is 0 Å². The fourth-order valence-electron chi connectivity index (χ4n) is 1.27. The standard InChI is InChI=1S/C11H10NO3/c1-13-9-3-8(4-10(5-9)14-2)11-6-12-7-15-11/h3-6H,1-2H3. The van der Waals surface area contributed by atoms with E-state index in [9.17, 15) is 0 Å². The van der Waals surface area contributed by atoms with Gasteiger partial charge < -0.3 is 13.9 Å². The molecule has 0 atom stereocenters. The Morgan fingerprint density at radius 1 is 1.13 bits per heavy atom. The van der Waals surface area contributed by atoms with Gasteiger partial charge in [0.2, 0.25) is 0 Å². The first kappa shape index (κ1) is 9.58. The van der Waals surface area contributed by atoms with Crippen molar-refractivity contribution in [2.75, 3.05) is 14.2 Å². The van der Waals surface area contributed by atoms with Gasteiger partial charge in [-0.2, -0.15) is 0 Å². The van der Waals surface area contributed by atoms with Gasteiger partial charge in [-0.25, -0.2) is 4.98 Å². The number of ether oxygens (including phenoxy) is 2. The van der Waals surface area contributed by atoms with Crippen LogP contribution >= 0.6 is 0 Å². The summed E-state index contributed by atoms with van der Waals surface area (Å²) >= 11 is 0. The van der Waals surface area contributed by atoms with E-state index in [0.717, 1.165) is 5.56 Å². The van der Waals surface area contributed by atoms with Crippen molar-refractivity contribution in [3.63, 3.8) is 0 Å². The zero-order valence-electron chi connectivity index (χ0n) is 8.48. The lowest BCUT2D eigenvalue weighted by Crippen LogP contribution is -1.88. The molecule has 0 saturated carbocycles. The lowest BCUT2D eigenvalue weighted by molar-refractivity contribution is 0.394. The minimum Gasteiger partial charge on any atom is -0.497 e. The highest BCUT2D eigenvalue weighted by Gasteiger charge is 2.06. The van der Waals surface area contributed by atoms with E-state index in [1.807, 2.05) is 12.1 Å². The van der Waals surface area contributed by atoms with Gasteiger partial charge in [-0.05, 0) is 12.1 Å². The SMILES string of the molecule is COc1cc(OC)cc(-c2cn[c]o2)c1. The molecule has 0 amide bonds. The largest absolute Gasteiger partial charge is 0.497 e. The summed E-state index contributed by atoms with van der Waals surface area (Å²) in [4.78, 5) is 3.74. The molecular weight excluding hydrogens is 194 g/mol. The van der Waals surface area contributed by atoms with Crippen LogP contribution in [0.1, 0.15) is 0 Å². The van der Waals surface area contributed by atoms with Gasteiger partial charge in [0.15, 0.2) is 5.76 Å². The zero-order chi connectivity index (χ0) is 10.7. The molecule has 4 heteroatoms. The van der Waals surface area contributed by atoms with Crippen LogP contribution in [0.3, 0.4) is 0 Å². The van der Waals surface area contributed by atoms with E-state index in [1.165, 1.54) is 0 Å². The van der Waals surface area contributed by atoms with Crippen LogP contribution < -0.4 is 9.47 Å². The third-order valence-electron chi connectivity index (χ3n) is 2.03. The quantitative estimate of drug-likeness (QED) is 0.768. The van der Waals surface area contributed by atoms with E-state index in [0.29, 0.717) is 17.3 Å². The van der Waals surface area contributed by atoms with Crippen molar-refractivity contribution in [1.82, 2.24) is 4.98 Å². The molecular formula is C11H10NO3. The van der Waals surface area contributed by atoms with E-state index in [2.05, 4.69) is 11.4 Å². The third-order valence-corrected chi connectivity index (χ3v) is 2.03. The Morgan fingerprint density at radius 2 is 1.80 bits per heavy atom. The number of nitrogens with zero attached hydrogens (tertiary/aromatic N) is 1. The minimum absolute atomic E-state index is 0.632. The van der Waals surface area contributed by atoms with Crippen molar-refractivity contribution in [3.05, 3.63) is 30.8 Å². The number of rotatable bonds is 3. The monoisotopic (exact) mass is 204 g/mol. The highest BCUT2D eigenvalue weighted by atomic mass is 16.5. The molecule has 1 aromatic carbocycles. The van der Waals surface area contributed by atoms with Crippen molar-refractivity contribution in [1.29, 1.82) is 0 Å². The van der Waals surface area contributed by atoms with E-state index in [4.69, 9.17) is 13.9 Å². The molecule has 1 heterocycles. The summed E-state index contributed by atoms with van der Waals surface area (Å²) in [6.07, 6.45) is 3.99. The smallest absolute Gasteiger partial charge is 0.284 e. The Balaban J connectivity index is 2.47. The van der Waals surface area contributed by atoms with Crippen LogP contribution in [0.4, 0.5) is 0 Å². The predicted molar refractivity (Wildman–Crippen MR) is 53.9 cm³/mol. The molecule has 1 radical (unpaired) electrons. The molecule has 15 heavy (non-hydrogen) atoms. The Kier molecular flexibility index (Phi) is 2.58. The first-order chi connectivity index (χ1) is 7.33. The van der Waals surface area contributed by atoms with Crippen LogP contribution in [0.5, 0.6) is 11.5 Å². The molecule has 4 nitrogen and oxygen atoms in total. The molecule has 0 N–H and O–H groups in total. The number of benzene rings is 1. The third kappa shape index (κ3) is 1.93. The molecule has 0 aliphatic heterocycles. The molecule has 1 aromatic heterocycles. The summed E-state index contributed by atoms with van der Waals surface area (Å²) in [5.41, 5.74) is 0.847. The first-order valence-corrected chi connectivity index (χ1v) is 4.39. The minimum atomic E-state index is 0.632. The normalized spacial score (nSPS) is 10.0. The van der Waals surface area contributed by atoms with E-state index >= 15 is 0 Å². The first-order valence-electron chi connectivity index (χ1n) is 4.39. The second-order valence-electron chi connectivity index (χ2n) is 2.92. The summed E-state index contributed by atoms with van der Waals surface area (Å²) in [7, 11) is 3.20. The van der Waals surface area contributed by atoms with E-state index < -0.39 is 0 Å².